The fraction of sp³-hybridized carbons (Fsp3) is 0.0500. The van der Waals surface area contributed by atoms with Crippen molar-refractivity contribution < 1.29 is 8.78 Å². The zero-order valence-electron chi connectivity index (χ0n) is 15.1. The average Bonchev–Trinajstić information content (AvgIpc) is 3.24. The molecular formula is C20H16F2N6S. The minimum Gasteiger partial charge on any atom is -0.349 e. The Labute approximate surface area is 169 Å². The van der Waals surface area contributed by atoms with Gasteiger partial charge in [-0.3, -0.25) is 0 Å². The second kappa shape index (κ2) is 8.61. The van der Waals surface area contributed by atoms with Crippen LogP contribution in [0.2, 0.25) is 0 Å². The van der Waals surface area contributed by atoms with Crippen molar-refractivity contribution in [3.8, 4) is 0 Å². The van der Waals surface area contributed by atoms with E-state index in [1.807, 2.05) is 17.5 Å². The Kier molecular flexibility index (Phi) is 5.57. The van der Waals surface area contributed by atoms with E-state index in [2.05, 4.69) is 30.9 Å². The molecule has 4 aromatic rings. The normalized spacial score (nSPS) is 10.6. The summed E-state index contributed by atoms with van der Waals surface area (Å²) in [7, 11) is 0. The Morgan fingerprint density at radius 1 is 0.690 bits per heavy atom. The Morgan fingerprint density at radius 3 is 1.69 bits per heavy atom. The van der Waals surface area contributed by atoms with Gasteiger partial charge in [-0.15, -0.1) is 11.3 Å². The number of aromatic nitrogens is 3. The molecule has 0 amide bonds. The lowest BCUT2D eigenvalue weighted by molar-refractivity contribution is 0.627. The summed E-state index contributed by atoms with van der Waals surface area (Å²) in [5, 5.41) is 11.2. The van der Waals surface area contributed by atoms with E-state index in [-0.39, 0.29) is 23.5 Å². The van der Waals surface area contributed by atoms with Crippen LogP contribution in [0.5, 0.6) is 0 Å². The SMILES string of the molecule is Fc1ccc(Nc2nc(NCc3cccs3)nc(Nc3ccc(F)cc3)n2)cc1. The minimum atomic E-state index is -0.330. The summed E-state index contributed by atoms with van der Waals surface area (Å²) in [5.74, 6) is 0.267. The number of halogens is 2. The summed E-state index contributed by atoms with van der Waals surface area (Å²) >= 11 is 1.62. The van der Waals surface area contributed by atoms with Crippen LogP contribution in [-0.4, -0.2) is 15.0 Å². The maximum atomic E-state index is 13.1. The molecule has 0 aliphatic rings. The van der Waals surface area contributed by atoms with Gasteiger partial charge in [-0.1, -0.05) is 6.07 Å². The fourth-order valence-electron chi connectivity index (χ4n) is 2.47. The monoisotopic (exact) mass is 410 g/mol. The van der Waals surface area contributed by atoms with E-state index in [0.29, 0.717) is 23.9 Å². The van der Waals surface area contributed by atoms with E-state index >= 15 is 0 Å². The van der Waals surface area contributed by atoms with Crippen LogP contribution in [0.25, 0.3) is 0 Å². The summed E-state index contributed by atoms with van der Waals surface area (Å²) in [6.45, 7) is 0.563. The number of rotatable bonds is 7. The second-order valence-corrected chi connectivity index (χ2v) is 7.04. The molecule has 2 aromatic heterocycles. The molecule has 0 radical (unpaired) electrons. The Hall–Kier alpha value is -3.59. The number of benzene rings is 2. The summed E-state index contributed by atoms with van der Waals surface area (Å²) in [4.78, 5) is 14.2. The van der Waals surface area contributed by atoms with Gasteiger partial charge >= 0.3 is 0 Å². The van der Waals surface area contributed by atoms with Gasteiger partial charge in [0.2, 0.25) is 17.8 Å². The van der Waals surface area contributed by atoms with Crippen molar-refractivity contribution in [1.82, 2.24) is 15.0 Å². The molecule has 0 unspecified atom stereocenters. The van der Waals surface area contributed by atoms with Crippen molar-refractivity contribution in [2.24, 2.45) is 0 Å². The van der Waals surface area contributed by atoms with E-state index in [9.17, 15) is 8.78 Å². The molecule has 9 heteroatoms. The first-order valence-electron chi connectivity index (χ1n) is 8.71. The second-order valence-electron chi connectivity index (χ2n) is 6.00. The van der Waals surface area contributed by atoms with Gasteiger partial charge in [-0.25, -0.2) is 8.78 Å². The molecule has 2 aromatic carbocycles. The van der Waals surface area contributed by atoms with Crippen molar-refractivity contribution in [2.75, 3.05) is 16.0 Å². The van der Waals surface area contributed by atoms with Gasteiger partial charge in [0.25, 0.3) is 0 Å². The highest BCUT2D eigenvalue weighted by molar-refractivity contribution is 7.09. The van der Waals surface area contributed by atoms with Crippen LogP contribution in [0.1, 0.15) is 4.88 Å². The largest absolute Gasteiger partial charge is 0.349 e. The first-order chi connectivity index (χ1) is 14.1. The third-order valence-corrected chi connectivity index (χ3v) is 4.71. The van der Waals surface area contributed by atoms with Crippen molar-refractivity contribution in [1.29, 1.82) is 0 Å². The Morgan fingerprint density at radius 2 is 1.21 bits per heavy atom. The van der Waals surface area contributed by atoms with Crippen molar-refractivity contribution in [3.63, 3.8) is 0 Å². The molecule has 2 heterocycles. The lowest BCUT2D eigenvalue weighted by Gasteiger charge is -2.11. The Bertz CT molecular complexity index is 1000. The molecule has 0 spiro atoms. The molecular weight excluding hydrogens is 394 g/mol. The molecule has 0 atom stereocenters. The molecule has 0 aliphatic carbocycles. The minimum absolute atomic E-state index is 0.282. The lowest BCUT2D eigenvalue weighted by atomic mass is 10.3. The van der Waals surface area contributed by atoms with E-state index in [1.165, 1.54) is 24.3 Å². The maximum absolute atomic E-state index is 13.1. The van der Waals surface area contributed by atoms with Gasteiger partial charge in [-0.05, 0) is 60.0 Å². The topological polar surface area (TPSA) is 74.8 Å². The van der Waals surface area contributed by atoms with Gasteiger partial charge in [0.1, 0.15) is 11.6 Å². The molecule has 0 fully saturated rings. The molecule has 3 N–H and O–H groups in total. The summed E-state index contributed by atoms with van der Waals surface area (Å²) in [5.41, 5.74) is 1.27. The number of thiophene rings is 1. The van der Waals surface area contributed by atoms with Gasteiger partial charge in [0.15, 0.2) is 0 Å². The van der Waals surface area contributed by atoms with Crippen molar-refractivity contribution in [2.45, 2.75) is 6.54 Å². The predicted molar refractivity (Wildman–Crippen MR) is 111 cm³/mol. The number of anilines is 5. The van der Waals surface area contributed by atoms with Gasteiger partial charge in [-0.2, -0.15) is 15.0 Å². The summed E-state index contributed by atoms with van der Waals surface area (Å²) in [6, 6.07) is 15.7. The smallest absolute Gasteiger partial charge is 0.233 e. The van der Waals surface area contributed by atoms with Crippen molar-refractivity contribution in [3.05, 3.63) is 82.6 Å². The van der Waals surface area contributed by atoms with Crippen LogP contribution >= 0.6 is 11.3 Å². The molecule has 29 heavy (non-hydrogen) atoms. The van der Waals surface area contributed by atoms with Crippen LogP contribution in [0.4, 0.5) is 38.0 Å². The first kappa shape index (κ1) is 18.8. The zero-order chi connectivity index (χ0) is 20.1. The highest BCUT2D eigenvalue weighted by Gasteiger charge is 2.08. The highest BCUT2D eigenvalue weighted by atomic mass is 32.1. The number of hydrogen-bond acceptors (Lipinski definition) is 7. The zero-order valence-corrected chi connectivity index (χ0v) is 15.9. The summed E-state index contributed by atoms with van der Waals surface area (Å²) in [6.07, 6.45) is 0. The van der Waals surface area contributed by atoms with Gasteiger partial charge < -0.3 is 16.0 Å². The third-order valence-electron chi connectivity index (χ3n) is 3.84. The average molecular weight is 410 g/mol. The molecule has 0 aliphatic heterocycles. The third kappa shape index (κ3) is 5.23. The molecule has 0 bridgehead atoms. The van der Waals surface area contributed by atoms with Crippen LogP contribution < -0.4 is 16.0 Å². The van der Waals surface area contributed by atoms with Crippen LogP contribution in [0, 0.1) is 11.6 Å². The van der Waals surface area contributed by atoms with Gasteiger partial charge in [0, 0.05) is 16.3 Å². The number of nitrogens with zero attached hydrogens (tertiary/aromatic N) is 3. The van der Waals surface area contributed by atoms with Gasteiger partial charge in [0.05, 0.1) is 6.54 Å². The fourth-order valence-corrected chi connectivity index (χ4v) is 3.12. The molecule has 0 saturated carbocycles. The maximum Gasteiger partial charge on any atom is 0.233 e. The lowest BCUT2D eigenvalue weighted by Crippen LogP contribution is -2.09. The van der Waals surface area contributed by atoms with Crippen LogP contribution in [0.15, 0.2) is 66.0 Å². The number of hydrogen-bond donors (Lipinski definition) is 3. The van der Waals surface area contributed by atoms with E-state index in [4.69, 9.17) is 0 Å². The summed E-state index contributed by atoms with van der Waals surface area (Å²) < 4.78 is 26.3. The predicted octanol–water partition coefficient (Wildman–Crippen LogP) is 5.31. The molecule has 6 nitrogen and oxygen atoms in total. The van der Waals surface area contributed by atoms with E-state index in [1.54, 1.807) is 35.6 Å². The molecule has 146 valence electrons. The van der Waals surface area contributed by atoms with Crippen molar-refractivity contribution >= 4 is 40.6 Å². The quantitative estimate of drug-likeness (QED) is 0.383. The van der Waals surface area contributed by atoms with Crippen LogP contribution in [0.3, 0.4) is 0 Å². The first-order valence-corrected chi connectivity index (χ1v) is 9.59. The van der Waals surface area contributed by atoms with E-state index < -0.39 is 0 Å². The van der Waals surface area contributed by atoms with Crippen LogP contribution in [-0.2, 0) is 6.54 Å². The standard InChI is InChI=1S/C20H16F2N6S/c21-13-3-7-15(8-4-13)24-19-26-18(23-12-17-2-1-11-29-17)27-20(28-19)25-16-9-5-14(22)6-10-16/h1-11H,12H2,(H3,23,24,25,26,27,28). The molecule has 4 rings (SSSR count). The molecule has 0 saturated heterocycles. The highest BCUT2D eigenvalue weighted by Crippen LogP contribution is 2.20. The number of nitrogens with one attached hydrogen (secondary N) is 3. The Balaban J connectivity index is 1.58. The van der Waals surface area contributed by atoms with E-state index in [0.717, 1.165) is 4.88 Å².